The number of benzene rings is 1. The summed E-state index contributed by atoms with van der Waals surface area (Å²) in [6.07, 6.45) is 8.05. The van der Waals surface area contributed by atoms with Crippen LogP contribution in [0.15, 0.2) is 18.2 Å². The number of hydrogen-bond donors (Lipinski definition) is 3. The molecule has 0 radical (unpaired) electrons. The first-order valence-corrected chi connectivity index (χ1v) is 7.49. The van der Waals surface area contributed by atoms with E-state index in [9.17, 15) is 9.90 Å². The molecule has 20 heavy (non-hydrogen) atoms. The van der Waals surface area contributed by atoms with Crippen LogP contribution in [0.1, 0.15) is 50.5 Å². The highest BCUT2D eigenvalue weighted by molar-refractivity contribution is 5.76. The lowest BCUT2D eigenvalue weighted by Crippen LogP contribution is -2.23. The van der Waals surface area contributed by atoms with Crippen molar-refractivity contribution in [2.75, 3.05) is 5.73 Å². The van der Waals surface area contributed by atoms with Gasteiger partial charge in [0.05, 0.1) is 0 Å². The number of carbonyl (C=O) groups excluding carboxylic acids is 1. The van der Waals surface area contributed by atoms with Crippen LogP contribution in [0.3, 0.4) is 0 Å². The fourth-order valence-corrected chi connectivity index (χ4v) is 2.84. The SMILES string of the molecule is Nc1ccc(O)c(CNC(=O)CCC2CCCCC2)c1. The summed E-state index contributed by atoms with van der Waals surface area (Å²) in [6.45, 7) is 0.334. The van der Waals surface area contributed by atoms with Gasteiger partial charge in [-0.15, -0.1) is 0 Å². The van der Waals surface area contributed by atoms with E-state index < -0.39 is 0 Å². The van der Waals surface area contributed by atoms with Crippen LogP contribution in [-0.4, -0.2) is 11.0 Å². The van der Waals surface area contributed by atoms with Crippen LogP contribution in [0.5, 0.6) is 5.75 Å². The minimum absolute atomic E-state index is 0.0531. The summed E-state index contributed by atoms with van der Waals surface area (Å²) >= 11 is 0. The lowest BCUT2D eigenvalue weighted by atomic mass is 9.86. The molecule has 0 saturated heterocycles. The van der Waals surface area contributed by atoms with Gasteiger partial charge in [-0.2, -0.15) is 0 Å². The average molecular weight is 276 g/mol. The lowest BCUT2D eigenvalue weighted by Gasteiger charge is -2.21. The zero-order chi connectivity index (χ0) is 14.4. The van der Waals surface area contributed by atoms with E-state index >= 15 is 0 Å². The number of rotatable bonds is 5. The molecule has 0 bridgehead atoms. The molecule has 0 aromatic heterocycles. The molecule has 1 amide bonds. The number of aromatic hydroxyl groups is 1. The van der Waals surface area contributed by atoms with E-state index in [1.165, 1.54) is 32.1 Å². The Morgan fingerprint density at radius 1 is 1.30 bits per heavy atom. The van der Waals surface area contributed by atoms with E-state index in [1.807, 2.05) is 0 Å². The number of amides is 1. The van der Waals surface area contributed by atoms with Gasteiger partial charge < -0.3 is 16.2 Å². The highest BCUT2D eigenvalue weighted by Gasteiger charge is 2.14. The molecule has 0 unspecified atom stereocenters. The second-order valence-electron chi connectivity index (χ2n) is 5.71. The Morgan fingerprint density at radius 3 is 2.80 bits per heavy atom. The number of phenolic OH excluding ortho intramolecular Hbond substituents is 1. The maximum atomic E-state index is 11.8. The number of phenols is 1. The first kappa shape index (κ1) is 14.7. The van der Waals surface area contributed by atoms with Gasteiger partial charge in [-0.25, -0.2) is 0 Å². The van der Waals surface area contributed by atoms with Crippen molar-refractivity contribution in [1.82, 2.24) is 5.32 Å². The van der Waals surface area contributed by atoms with Gasteiger partial charge in [-0.1, -0.05) is 32.1 Å². The van der Waals surface area contributed by atoms with Crippen molar-refractivity contribution in [3.05, 3.63) is 23.8 Å². The van der Waals surface area contributed by atoms with Crippen molar-refractivity contribution in [3.63, 3.8) is 0 Å². The van der Waals surface area contributed by atoms with Gasteiger partial charge in [0.15, 0.2) is 0 Å². The Bertz CT molecular complexity index is 454. The summed E-state index contributed by atoms with van der Waals surface area (Å²) in [5.74, 6) is 0.944. The smallest absolute Gasteiger partial charge is 0.220 e. The van der Waals surface area contributed by atoms with Crippen LogP contribution in [0.25, 0.3) is 0 Å². The second-order valence-corrected chi connectivity index (χ2v) is 5.71. The molecule has 1 fully saturated rings. The standard InChI is InChI=1S/C16H24N2O2/c17-14-7-8-15(19)13(10-14)11-18-16(20)9-6-12-4-2-1-3-5-12/h7-8,10,12,19H,1-6,9,11,17H2,(H,18,20). The predicted octanol–water partition coefficient (Wildman–Crippen LogP) is 2.95. The number of nitrogen functional groups attached to an aromatic ring is 1. The molecular formula is C16H24N2O2. The predicted molar refractivity (Wildman–Crippen MR) is 80.2 cm³/mol. The van der Waals surface area contributed by atoms with E-state index in [-0.39, 0.29) is 11.7 Å². The number of nitrogens with two attached hydrogens (primary N) is 1. The monoisotopic (exact) mass is 276 g/mol. The van der Waals surface area contributed by atoms with Gasteiger partial charge in [0.1, 0.15) is 5.75 Å². The fourth-order valence-electron chi connectivity index (χ4n) is 2.84. The van der Waals surface area contributed by atoms with Crippen LogP contribution in [0.4, 0.5) is 5.69 Å². The second kappa shape index (κ2) is 7.17. The third kappa shape index (κ3) is 4.44. The molecule has 2 rings (SSSR count). The zero-order valence-electron chi connectivity index (χ0n) is 11.9. The van der Waals surface area contributed by atoms with E-state index in [1.54, 1.807) is 18.2 Å². The van der Waals surface area contributed by atoms with Crippen LogP contribution < -0.4 is 11.1 Å². The Hall–Kier alpha value is -1.71. The average Bonchev–Trinajstić information content (AvgIpc) is 2.47. The Balaban J connectivity index is 1.73. The van der Waals surface area contributed by atoms with Crippen molar-refractivity contribution in [2.24, 2.45) is 5.92 Å². The highest BCUT2D eigenvalue weighted by Crippen LogP contribution is 2.27. The number of anilines is 1. The topological polar surface area (TPSA) is 75.3 Å². The number of nitrogens with one attached hydrogen (secondary N) is 1. The van der Waals surface area contributed by atoms with Crippen LogP contribution in [0, 0.1) is 5.92 Å². The van der Waals surface area contributed by atoms with Gasteiger partial charge in [-0.3, -0.25) is 4.79 Å². The summed E-state index contributed by atoms with van der Waals surface area (Å²) in [6, 6.07) is 4.89. The quantitative estimate of drug-likeness (QED) is 0.571. The largest absolute Gasteiger partial charge is 0.508 e. The summed E-state index contributed by atoms with van der Waals surface area (Å²) in [4.78, 5) is 11.8. The third-order valence-corrected chi connectivity index (χ3v) is 4.08. The van der Waals surface area contributed by atoms with Crippen LogP contribution in [0.2, 0.25) is 0 Å². The van der Waals surface area contributed by atoms with Crippen molar-refractivity contribution in [1.29, 1.82) is 0 Å². The van der Waals surface area contributed by atoms with Crippen LogP contribution >= 0.6 is 0 Å². The van der Waals surface area contributed by atoms with Gasteiger partial charge in [-0.05, 0) is 30.5 Å². The molecule has 1 saturated carbocycles. The fraction of sp³-hybridized carbons (Fsp3) is 0.562. The van der Waals surface area contributed by atoms with Gasteiger partial charge >= 0.3 is 0 Å². The molecule has 4 N–H and O–H groups in total. The molecule has 0 atom stereocenters. The van der Waals surface area contributed by atoms with Crippen molar-refractivity contribution >= 4 is 11.6 Å². The molecule has 0 aliphatic heterocycles. The first-order chi connectivity index (χ1) is 9.65. The first-order valence-electron chi connectivity index (χ1n) is 7.49. The minimum Gasteiger partial charge on any atom is -0.508 e. The Morgan fingerprint density at radius 2 is 2.05 bits per heavy atom. The van der Waals surface area contributed by atoms with Crippen LogP contribution in [-0.2, 0) is 11.3 Å². The van der Waals surface area contributed by atoms with Crippen molar-refractivity contribution in [3.8, 4) is 5.75 Å². The van der Waals surface area contributed by atoms with Gasteiger partial charge in [0.25, 0.3) is 0 Å². The molecule has 0 heterocycles. The Labute approximate surface area is 120 Å². The summed E-state index contributed by atoms with van der Waals surface area (Å²) in [7, 11) is 0. The van der Waals surface area contributed by atoms with Gasteiger partial charge in [0.2, 0.25) is 5.91 Å². The normalized spacial score (nSPS) is 16.0. The number of hydrogen-bond acceptors (Lipinski definition) is 3. The Kier molecular flexibility index (Phi) is 5.27. The highest BCUT2D eigenvalue weighted by atomic mass is 16.3. The van der Waals surface area contributed by atoms with E-state index in [2.05, 4.69) is 5.32 Å². The van der Waals surface area contributed by atoms with E-state index in [4.69, 9.17) is 5.73 Å². The molecule has 110 valence electrons. The molecule has 0 spiro atoms. The lowest BCUT2D eigenvalue weighted by molar-refractivity contribution is -0.121. The molecule has 1 aliphatic carbocycles. The molecule has 1 aliphatic rings. The molecule has 1 aromatic rings. The maximum Gasteiger partial charge on any atom is 0.220 e. The summed E-state index contributed by atoms with van der Waals surface area (Å²) in [5, 5.41) is 12.5. The molecular weight excluding hydrogens is 252 g/mol. The molecule has 4 heteroatoms. The van der Waals surface area contributed by atoms with E-state index in [0.29, 0.717) is 24.2 Å². The van der Waals surface area contributed by atoms with Gasteiger partial charge in [0, 0.05) is 24.2 Å². The molecule has 4 nitrogen and oxygen atoms in total. The van der Waals surface area contributed by atoms with E-state index in [0.717, 1.165) is 12.3 Å². The van der Waals surface area contributed by atoms with Crippen molar-refractivity contribution < 1.29 is 9.90 Å². The maximum absolute atomic E-state index is 11.8. The summed E-state index contributed by atoms with van der Waals surface area (Å²) in [5.41, 5.74) is 6.92. The number of carbonyl (C=O) groups is 1. The molecule has 1 aromatic carbocycles. The summed E-state index contributed by atoms with van der Waals surface area (Å²) < 4.78 is 0. The third-order valence-electron chi connectivity index (χ3n) is 4.08. The van der Waals surface area contributed by atoms with Crippen molar-refractivity contribution in [2.45, 2.75) is 51.5 Å². The minimum atomic E-state index is 0.0531. The zero-order valence-corrected chi connectivity index (χ0v) is 11.9.